The Hall–Kier alpha value is -3.31. The first-order valence-electron chi connectivity index (χ1n) is 12.6. The van der Waals surface area contributed by atoms with Gasteiger partial charge in [0, 0.05) is 31.0 Å². The molecule has 1 heterocycles. The average Bonchev–Trinajstić information content (AvgIpc) is 2.90. The SMILES string of the molecule is CCOc1ccc(C2CC(=NO)C(CC)C(c3ccc(OCC)cc3)N2Cc2ccccc2)cc1. The minimum absolute atomic E-state index is 0.0621. The third kappa shape index (κ3) is 5.68. The van der Waals surface area contributed by atoms with E-state index in [1.165, 1.54) is 16.7 Å². The van der Waals surface area contributed by atoms with E-state index in [1.54, 1.807) is 0 Å². The van der Waals surface area contributed by atoms with E-state index in [9.17, 15) is 5.21 Å². The molecule has 1 fully saturated rings. The van der Waals surface area contributed by atoms with Crippen molar-refractivity contribution in [2.75, 3.05) is 13.2 Å². The highest BCUT2D eigenvalue weighted by molar-refractivity contribution is 5.88. The van der Waals surface area contributed by atoms with Crippen LogP contribution in [-0.4, -0.2) is 29.0 Å². The molecule has 0 bridgehead atoms. The topological polar surface area (TPSA) is 54.3 Å². The molecule has 3 aromatic rings. The van der Waals surface area contributed by atoms with Gasteiger partial charge in [0.05, 0.1) is 18.9 Å². The third-order valence-electron chi connectivity index (χ3n) is 6.85. The van der Waals surface area contributed by atoms with E-state index in [4.69, 9.17) is 9.47 Å². The van der Waals surface area contributed by atoms with Gasteiger partial charge in [-0.15, -0.1) is 0 Å². The first kappa shape index (κ1) is 24.8. The van der Waals surface area contributed by atoms with Crippen LogP contribution in [0.4, 0.5) is 0 Å². The number of benzene rings is 3. The van der Waals surface area contributed by atoms with Gasteiger partial charge in [-0.25, -0.2) is 0 Å². The normalized spacial score (nSPS) is 21.7. The summed E-state index contributed by atoms with van der Waals surface area (Å²) in [5.74, 6) is 1.85. The van der Waals surface area contributed by atoms with E-state index in [0.717, 1.165) is 30.2 Å². The van der Waals surface area contributed by atoms with E-state index in [1.807, 2.05) is 38.1 Å². The van der Waals surface area contributed by atoms with Crippen LogP contribution in [0.5, 0.6) is 11.5 Å². The largest absolute Gasteiger partial charge is 0.494 e. The van der Waals surface area contributed by atoms with E-state index in [0.29, 0.717) is 19.6 Å². The van der Waals surface area contributed by atoms with E-state index >= 15 is 0 Å². The summed E-state index contributed by atoms with van der Waals surface area (Å²) >= 11 is 0. The average molecular weight is 473 g/mol. The predicted molar refractivity (Wildman–Crippen MR) is 140 cm³/mol. The Bertz CT molecular complexity index is 1080. The Morgan fingerprint density at radius 3 is 1.89 bits per heavy atom. The fraction of sp³-hybridized carbons (Fsp3) is 0.367. The molecule has 0 aliphatic carbocycles. The molecule has 1 aliphatic heterocycles. The number of rotatable bonds is 9. The molecular weight excluding hydrogens is 436 g/mol. The molecule has 0 spiro atoms. The van der Waals surface area contributed by atoms with Gasteiger partial charge in [0.15, 0.2) is 0 Å². The van der Waals surface area contributed by atoms with Crippen molar-refractivity contribution >= 4 is 5.71 Å². The molecule has 1 aliphatic rings. The van der Waals surface area contributed by atoms with E-state index in [2.05, 4.69) is 71.6 Å². The van der Waals surface area contributed by atoms with Gasteiger partial charge in [0.1, 0.15) is 11.5 Å². The standard InChI is InChI=1S/C30H36N2O3/c1-4-27-28(31-33)20-29(23-12-16-25(17-13-23)34-5-2)32(21-22-10-8-7-9-11-22)30(27)24-14-18-26(19-15-24)35-6-3/h7-19,27,29-30,33H,4-6,20-21H2,1-3H3. The minimum atomic E-state index is 0.0621. The highest BCUT2D eigenvalue weighted by atomic mass is 16.5. The molecule has 4 rings (SSSR count). The second-order valence-corrected chi connectivity index (χ2v) is 8.93. The summed E-state index contributed by atoms with van der Waals surface area (Å²) in [6.45, 7) is 8.24. The van der Waals surface area contributed by atoms with E-state index in [-0.39, 0.29) is 18.0 Å². The van der Waals surface area contributed by atoms with Gasteiger partial charge in [0.2, 0.25) is 0 Å². The Morgan fingerprint density at radius 2 is 1.37 bits per heavy atom. The maximum atomic E-state index is 10.1. The van der Waals surface area contributed by atoms with Crippen LogP contribution in [0.3, 0.4) is 0 Å². The first-order chi connectivity index (χ1) is 17.2. The Balaban J connectivity index is 1.79. The lowest BCUT2D eigenvalue weighted by molar-refractivity contribution is 0.0785. The van der Waals surface area contributed by atoms with Crippen LogP contribution in [0.15, 0.2) is 84.0 Å². The van der Waals surface area contributed by atoms with Crippen molar-refractivity contribution < 1.29 is 14.7 Å². The Labute approximate surface area is 209 Å². The zero-order valence-electron chi connectivity index (χ0n) is 20.9. The lowest BCUT2D eigenvalue weighted by atomic mass is 9.77. The number of oxime groups is 1. The Kier molecular flexibility index (Phi) is 8.43. The molecule has 35 heavy (non-hydrogen) atoms. The molecule has 5 nitrogen and oxygen atoms in total. The molecule has 3 unspecified atom stereocenters. The van der Waals surface area contributed by atoms with Gasteiger partial charge >= 0.3 is 0 Å². The summed E-state index contributed by atoms with van der Waals surface area (Å²) in [4.78, 5) is 2.57. The smallest absolute Gasteiger partial charge is 0.119 e. The molecule has 0 radical (unpaired) electrons. The van der Waals surface area contributed by atoms with Crippen molar-refractivity contribution in [2.24, 2.45) is 11.1 Å². The van der Waals surface area contributed by atoms with Crippen molar-refractivity contribution in [1.82, 2.24) is 4.90 Å². The monoisotopic (exact) mass is 472 g/mol. The molecule has 184 valence electrons. The van der Waals surface area contributed by atoms with Crippen LogP contribution < -0.4 is 9.47 Å². The zero-order valence-corrected chi connectivity index (χ0v) is 20.9. The molecule has 3 aromatic carbocycles. The van der Waals surface area contributed by atoms with Crippen molar-refractivity contribution in [2.45, 2.75) is 52.2 Å². The van der Waals surface area contributed by atoms with Crippen molar-refractivity contribution in [3.63, 3.8) is 0 Å². The van der Waals surface area contributed by atoms with Crippen LogP contribution in [0, 0.1) is 5.92 Å². The fourth-order valence-corrected chi connectivity index (χ4v) is 5.26. The summed E-state index contributed by atoms with van der Waals surface area (Å²) in [7, 11) is 0. The van der Waals surface area contributed by atoms with Gasteiger partial charge in [-0.2, -0.15) is 0 Å². The number of ether oxygens (including phenoxy) is 2. The minimum Gasteiger partial charge on any atom is -0.494 e. The third-order valence-corrected chi connectivity index (χ3v) is 6.85. The summed E-state index contributed by atoms with van der Waals surface area (Å²) in [5.41, 5.74) is 4.51. The molecular formula is C30H36N2O3. The number of hydrogen-bond donors (Lipinski definition) is 1. The number of likely N-dealkylation sites (tertiary alicyclic amines) is 1. The lowest BCUT2D eigenvalue weighted by Gasteiger charge is -2.47. The highest BCUT2D eigenvalue weighted by Crippen LogP contribution is 2.46. The molecule has 0 saturated carbocycles. The zero-order chi connectivity index (χ0) is 24.6. The molecule has 0 amide bonds. The number of nitrogens with zero attached hydrogens (tertiary/aromatic N) is 2. The second kappa shape index (κ2) is 11.9. The molecule has 3 atom stereocenters. The second-order valence-electron chi connectivity index (χ2n) is 8.93. The van der Waals surface area contributed by atoms with Crippen molar-refractivity contribution in [3.8, 4) is 11.5 Å². The van der Waals surface area contributed by atoms with Gasteiger partial charge < -0.3 is 14.7 Å². The number of piperidine rings is 1. The van der Waals surface area contributed by atoms with Crippen LogP contribution in [0.1, 0.15) is 62.4 Å². The lowest BCUT2D eigenvalue weighted by Crippen LogP contribution is -2.45. The molecule has 0 aromatic heterocycles. The molecule has 1 saturated heterocycles. The van der Waals surface area contributed by atoms with Gasteiger partial charge in [-0.1, -0.05) is 66.7 Å². The predicted octanol–water partition coefficient (Wildman–Crippen LogP) is 7.03. The van der Waals surface area contributed by atoms with Crippen molar-refractivity contribution in [1.29, 1.82) is 0 Å². The van der Waals surface area contributed by atoms with Crippen LogP contribution in [0.2, 0.25) is 0 Å². The maximum absolute atomic E-state index is 10.1. The van der Waals surface area contributed by atoms with Crippen LogP contribution >= 0.6 is 0 Å². The summed E-state index contributed by atoms with van der Waals surface area (Å²) in [6.07, 6.45) is 1.57. The fourth-order valence-electron chi connectivity index (χ4n) is 5.26. The quantitative estimate of drug-likeness (QED) is 0.268. The first-order valence-corrected chi connectivity index (χ1v) is 12.6. The van der Waals surface area contributed by atoms with Gasteiger partial charge in [-0.05, 0) is 61.2 Å². The van der Waals surface area contributed by atoms with Gasteiger partial charge in [-0.3, -0.25) is 4.90 Å². The Morgan fingerprint density at radius 1 is 0.800 bits per heavy atom. The van der Waals surface area contributed by atoms with Gasteiger partial charge in [0.25, 0.3) is 0 Å². The van der Waals surface area contributed by atoms with Crippen molar-refractivity contribution in [3.05, 3.63) is 95.6 Å². The summed E-state index contributed by atoms with van der Waals surface area (Å²) in [5, 5.41) is 13.9. The molecule has 5 heteroatoms. The summed E-state index contributed by atoms with van der Waals surface area (Å²) < 4.78 is 11.4. The highest BCUT2D eigenvalue weighted by Gasteiger charge is 2.42. The number of hydrogen-bond acceptors (Lipinski definition) is 5. The van der Waals surface area contributed by atoms with Crippen LogP contribution in [-0.2, 0) is 6.54 Å². The van der Waals surface area contributed by atoms with E-state index < -0.39 is 0 Å². The summed E-state index contributed by atoms with van der Waals surface area (Å²) in [6, 6.07) is 27.5. The molecule has 1 N–H and O–H groups in total. The van der Waals surface area contributed by atoms with Crippen LogP contribution in [0.25, 0.3) is 0 Å². The maximum Gasteiger partial charge on any atom is 0.119 e.